The highest BCUT2D eigenvalue weighted by molar-refractivity contribution is 6.04. The van der Waals surface area contributed by atoms with Gasteiger partial charge in [-0.15, -0.1) is 0 Å². The number of rotatable bonds is 4. The van der Waals surface area contributed by atoms with Crippen LogP contribution >= 0.6 is 0 Å². The third-order valence-corrected chi connectivity index (χ3v) is 5.36. The highest BCUT2D eigenvalue weighted by Crippen LogP contribution is 2.36. The molecule has 7 heteroatoms. The second-order valence-corrected chi connectivity index (χ2v) is 7.29. The number of para-hydroxylation sites is 2. The van der Waals surface area contributed by atoms with Gasteiger partial charge in [-0.1, -0.05) is 48.5 Å². The van der Waals surface area contributed by atoms with Crippen LogP contribution in [0.4, 0.5) is 17.1 Å². The second-order valence-electron chi connectivity index (χ2n) is 7.29. The van der Waals surface area contributed by atoms with E-state index < -0.39 is 23.4 Å². The predicted octanol–water partition coefficient (Wildman–Crippen LogP) is 4.52. The number of nitro benzene ring substituents is 1. The van der Waals surface area contributed by atoms with Crippen molar-refractivity contribution in [2.75, 3.05) is 11.5 Å². The van der Waals surface area contributed by atoms with E-state index in [1.54, 1.807) is 17.9 Å². The molecule has 1 aliphatic heterocycles. The Morgan fingerprint density at radius 3 is 2.10 bits per heavy atom. The lowest BCUT2D eigenvalue weighted by atomic mass is 10.0. The molecule has 1 heterocycles. The van der Waals surface area contributed by atoms with Gasteiger partial charge in [0.1, 0.15) is 5.56 Å². The minimum absolute atomic E-state index is 0.142. The summed E-state index contributed by atoms with van der Waals surface area (Å²) in [6.07, 6.45) is 1.57. The number of anilines is 2. The van der Waals surface area contributed by atoms with Gasteiger partial charge in [0.05, 0.1) is 16.3 Å². The van der Waals surface area contributed by atoms with E-state index in [9.17, 15) is 19.7 Å². The molecule has 0 saturated heterocycles. The molecule has 0 atom stereocenters. The van der Waals surface area contributed by atoms with E-state index in [0.29, 0.717) is 5.56 Å². The molecule has 0 radical (unpaired) electrons. The molecule has 1 amide bonds. The maximum Gasteiger partial charge on any atom is 0.345 e. The van der Waals surface area contributed by atoms with E-state index in [1.165, 1.54) is 12.1 Å². The minimum atomic E-state index is -0.894. The van der Waals surface area contributed by atoms with Crippen LogP contribution in [0.2, 0.25) is 0 Å². The van der Waals surface area contributed by atoms with Gasteiger partial charge in [-0.05, 0) is 48.6 Å². The molecule has 3 aromatic rings. The lowest BCUT2D eigenvalue weighted by molar-refractivity contribution is -0.385. The van der Waals surface area contributed by atoms with E-state index in [2.05, 4.69) is 0 Å². The fourth-order valence-corrected chi connectivity index (χ4v) is 3.88. The van der Waals surface area contributed by atoms with Gasteiger partial charge in [0, 0.05) is 6.07 Å². The topological polar surface area (TPSA) is 89.7 Å². The van der Waals surface area contributed by atoms with Gasteiger partial charge in [0.15, 0.2) is 6.61 Å². The first-order valence-electron chi connectivity index (χ1n) is 9.87. The number of carbonyl (C=O) groups is 2. The summed E-state index contributed by atoms with van der Waals surface area (Å²) < 4.78 is 5.25. The summed E-state index contributed by atoms with van der Waals surface area (Å²) in [7, 11) is 0. The fraction of sp³-hybridized carbons (Fsp3) is 0.167. The number of benzene rings is 3. The number of esters is 1. The van der Waals surface area contributed by atoms with Crippen molar-refractivity contribution < 1.29 is 19.2 Å². The minimum Gasteiger partial charge on any atom is -0.452 e. The maximum absolute atomic E-state index is 13.2. The van der Waals surface area contributed by atoms with Gasteiger partial charge >= 0.3 is 5.97 Å². The Hall–Kier alpha value is -4.00. The summed E-state index contributed by atoms with van der Waals surface area (Å²) >= 11 is 0. The van der Waals surface area contributed by atoms with Crippen LogP contribution < -0.4 is 4.90 Å². The summed E-state index contributed by atoms with van der Waals surface area (Å²) in [5.41, 5.74) is 3.46. The fourth-order valence-electron chi connectivity index (χ4n) is 3.88. The number of aryl methyl sites for hydroxylation is 3. The number of nitrogens with zero attached hydrogens (tertiary/aromatic N) is 2. The molecule has 0 aliphatic carbocycles. The number of hydrogen-bond acceptors (Lipinski definition) is 5. The molecular weight excluding hydrogens is 396 g/mol. The first-order valence-corrected chi connectivity index (χ1v) is 9.87. The van der Waals surface area contributed by atoms with Gasteiger partial charge in [-0.3, -0.25) is 19.8 Å². The van der Waals surface area contributed by atoms with Crippen molar-refractivity contribution in [3.8, 4) is 0 Å². The molecule has 0 spiro atoms. The van der Waals surface area contributed by atoms with Crippen LogP contribution in [0.1, 0.15) is 27.0 Å². The van der Waals surface area contributed by atoms with Crippen molar-refractivity contribution >= 4 is 28.9 Å². The molecule has 3 aromatic carbocycles. The second kappa shape index (κ2) is 8.39. The van der Waals surface area contributed by atoms with Gasteiger partial charge in [0.25, 0.3) is 11.6 Å². The molecule has 0 fully saturated rings. The molecule has 0 unspecified atom stereocenters. The standard InChI is InChI=1S/C24H20N2O5/c1-16-7-6-12-21(26(29)30)23(16)24(28)31-15-22(27)25-19-10-4-2-8-17(19)13-14-18-9-3-5-11-20(18)25/h2-12H,13-15H2,1H3. The molecule has 0 saturated carbocycles. The van der Waals surface area contributed by atoms with Gasteiger partial charge in [0.2, 0.25) is 0 Å². The summed E-state index contributed by atoms with van der Waals surface area (Å²) in [6, 6.07) is 19.6. The van der Waals surface area contributed by atoms with Crippen molar-refractivity contribution in [2.24, 2.45) is 0 Å². The van der Waals surface area contributed by atoms with Crippen molar-refractivity contribution in [1.82, 2.24) is 0 Å². The number of ether oxygens (including phenoxy) is 1. The number of hydrogen-bond donors (Lipinski definition) is 0. The van der Waals surface area contributed by atoms with Crippen LogP contribution in [0.25, 0.3) is 0 Å². The van der Waals surface area contributed by atoms with E-state index >= 15 is 0 Å². The average molecular weight is 416 g/mol. The number of nitro groups is 1. The van der Waals surface area contributed by atoms with Crippen LogP contribution in [0.15, 0.2) is 66.7 Å². The largest absolute Gasteiger partial charge is 0.452 e. The zero-order chi connectivity index (χ0) is 22.0. The Balaban J connectivity index is 1.63. The molecule has 1 aliphatic rings. The highest BCUT2D eigenvalue weighted by Gasteiger charge is 2.28. The third kappa shape index (κ3) is 3.90. The average Bonchev–Trinajstić information content (AvgIpc) is 2.94. The normalized spacial score (nSPS) is 12.4. The zero-order valence-electron chi connectivity index (χ0n) is 16.9. The van der Waals surface area contributed by atoms with Crippen LogP contribution in [0.5, 0.6) is 0 Å². The Labute approximate surface area is 179 Å². The van der Waals surface area contributed by atoms with Crippen molar-refractivity contribution in [2.45, 2.75) is 19.8 Å². The Kier molecular flexibility index (Phi) is 5.49. The number of fused-ring (bicyclic) bond motifs is 2. The van der Waals surface area contributed by atoms with Crippen molar-refractivity contribution in [3.05, 3.63) is 99.1 Å². The van der Waals surface area contributed by atoms with Gasteiger partial charge in [-0.2, -0.15) is 0 Å². The van der Waals surface area contributed by atoms with Crippen molar-refractivity contribution in [3.63, 3.8) is 0 Å². The summed E-state index contributed by atoms with van der Waals surface area (Å²) in [5, 5.41) is 11.3. The van der Waals surface area contributed by atoms with Crippen molar-refractivity contribution in [1.29, 1.82) is 0 Å². The van der Waals surface area contributed by atoms with E-state index in [4.69, 9.17) is 4.74 Å². The van der Waals surface area contributed by atoms with Gasteiger partial charge < -0.3 is 4.74 Å². The van der Waals surface area contributed by atoms with Crippen LogP contribution in [0.3, 0.4) is 0 Å². The zero-order valence-corrected chi connectivity index (χ0v) is 16.9. The highest BCUT2D eigenvalue weighted by atomic mass is 16.6. The quantitative estimate of drug-likeness (QED) is 0.354. The lowest BCUT2D eigenvalue weighted by Crippen LogP contribution is -2.31. The van der Waals surface area contributed by atoms with Crippen LogP contribution in [-0.4, -0.2) is 23.4 Å². The molecule has 4 rings (SSSR count). The molecule has 7 nitrogen and oxygen atoms in total. The summed E-state index contributed by atoms with van der Waals surface area (Å²) in [6.45, 7) is 1.06. The molecule has 0 bridgehead atoms. The molecule has 31 heavy (non-hydrogen) atoms. The molecule has 0 aromatic heterocycles. The third-order valence-electron chi connectivity index (χ3n) is 5.36. The lowest BCUT2D eigenvalue weighted by Gasteiger charge is -2.24. The van der Waals surface area contributed by atoms with Gasteiger partial charge in [-0.25, -0.2) is 4.79 Å². The summed E-state index contributed by atoms with van der Waals surface area (Å²) in [4.78, 5) is 38.1. The Morgan fingerprint density at radius 1 is 0.935 bits per heavy atom. The van der Waals surface area contributed by atoms with E-state index in [1.807, 2.05) is 48.5 Å². The van der Waals surface area contributed by atoms with Crippen LogP contribution in [-0.2, 0) is 22.4 Å². The molecule has 156 valence electrons. The van der Waals surface area contributed by atoms with Crippen LogP contribution in [0, 0.1) is 17.0 Å². The first-order chi connectivity index (χ1) is 15.0. The smallest absolute Gasteiger partial charge is 0.345 e. The maximum atomic E-state index is 13.2. The van der Waals surface area contributed by atoms with E-state index in [-0.39, 0.29) is 11.3 Å². The predicted molar refractivity (Wildman–Crippen MR) is 116 cm³/mol. The number of carbonyl (C=O) groups excluding carboxylic acids is 2. The monoisotopic (exact) mass is 416 g/mol. The summed E-state index contributed by atoms with van der Waals surface area (Å²) in [5.74, 6) is -1.32. The van der Waals surface area contributed by atoms with E-state index in [0.717, 1.165) is 35.3 Å². The first kappa shape index (κ1) is 20.3. The Morgan fingerprint density at radius 2 is 1.52 bits per heavy atom. The molecule has 0 N–H and O–H groups in total. The Bertz CT molecular complexity index is 1140. The molecular formula is C24H20N2O5. The number of amides is 1. The SMILES string of the molecule is Cc1cccc([N+](=O)[O-])c1C(=O)OCC(=O)N1c2ccccc2CCc2ccccc21.